The van der Waals surface area contributed by atoms with E-state index in [0.29, 0.717) is 10.6 Å². The van der Waals surface area contributed by atoms with Crippen LogP contribution in [0.5, 0.6) is 5.75 Å². The summed E-state index contributed by atoms with van der Waals surface area (Å²) in [7, 11) is 5.42. The number of thiocarbonyl (C=S) groups is 1. The van der Waals surface area contributed by atoms with E-state index in [9.17, 15) is 5.26 Å². The molecule has 0 bridgehead atoms. The fraction of sp³-hybridized carbons (Fsp3) is 0.450. The highest BCUT2D eigenvalue weighted by atomic mass is 32.1. The van der Waals surface area contributed by atoms with Gasteiger partial charge in [0.2, 0.25) is 0 Å². The normalized spacial score (nSPS) is 15.8. The zero-order chi connectivity index (χ0) is 19.8. The van der Waals surface area contributed by atoms with Gasteiger partial charge in [0.25, 0.3) is 0 Å². The van der Waals surface area contributed by atoms with E-state index >= 15 is 0 Å². The van der Waals surface area contributed by atoms with Gasteiger partial charge in [-0.1, -0.05) is 12.2 Å². The molecule has 0 N–H and O–H groups in total. The molecule has 1 aliphatic rings. The molecule has 1 aromatic carbocycles. The summed E-state index contributed by atoms with van der Waals surface area (Å²) in [6.45, 7) is 5.54. The molecule has 0 aliphatic carbocycles. The molecule has 6 nitrogen and oxygen atoms in total. The molecule has 2 rings (SSSR count). The van der Waals surface area contributed by atoms with E-state index in [-0.39, 0.29) is 0 Å². The Labute approximate surface area is 167 Å². The number of benzene rings is 1. The van der Waals surface area contributed by atoms with Crippen molar-refractivity contribution in [2.24, 2.45) is 4.99 Å². The number of methoxy groups -OCH3 is 1. The highest BCUT2D eigenvalue weighted by molar-refractivity contribution is 7.80. The van der Waals surface area contributed by atoms with Crippen molar-refractivity contribution in [2.75, 3.05) is 52.3 Å². The van der Waals surface area contributed by atoms with E-state index < -0.39 is 0 Å². The lowest BCUT2D eigenvalue weighted by atomic mass is 10.2. The third kappa shape index (κ3) is 5.69. The fourth-order valence-electron chi connectivity index (χ4n) is 2.98. The van der Waals surface area contributed by atoms with Crippen LogP contribution in [0.25, 0.3) is 0 Å². The molecule has 1 heterocycles. The lowest BCUT2D eigenvalue weighted by Gasteiger charge is -2.26. The number of aliphatic imine (C=N–C) groups is 1. The lowest BCUT2D eigenvalue weighted by Crippen LogP contribution is -2.30. The van der Waals surface area contributed by atoms with E-state index in [1.165, 1.54) is 5.69 Å². The maximum atomic E-state index is 9.58. The number of nitrogens with zero attached hydrogens (tertiary/aromatic N) is 5. The Hall–Kier alpha value is -2.59. The molecule has 0 spiro atoms. The van der Waals surface area contributed by atoms with Crippen LogP contribution in [0.2, 0.25) is 0 Å². The standard InChI is InChI=1S/C20H27N5OS/c1-16(19(14-21)20(27)22-15-23(2)3)24-10-5-11-25(13-12-24)17-6-8-18(26-4)9-7-17/h6-9,15H,5,10-13H2,1-4H3/b19-16-,22-15?. The molecule has 0 amide bonds. The number of hydrogen-bond acceptors (Lipinski definition) is 5. The summed E-state index contributed by atoms with van der Waals surface area (Å²) < 4.78 is 5.24. The van der Waals surface area contributed by atoms with Crippen molar-refractivity contribution in [1.82, 2.24) is 9.80 Å². The molecule has 1 fully saturated rings. The molecule has 1 aliphatic heterocycles. The summed E-state index contributed by atoms with van der Waals surface area (Å²) in [4.78, 5) is 10.9. The third-order valence-electron chi connectivity index (χ3n) is 4.50. The van der Waals surface area contributed by atoms with Gasteiger partial charge < -0.3 is 19.4 Å². The van der Waals surface area contributed by atoms with E-state index in [1.54, 1.807) is 18.3 Å². The van der Waals surface area contributed by atoms with Crippen molar-refractivity contribution in [2.45, 2.75) is 13.3 Å². The highest BCUT2D eigenvalue weighted by Crippen LogP contribution is 2.22. The first kappa shape index (κ1) is 20.7. The molecular formula is C20H27N5OS. The number of nitriles is 1. The molecular weight excluding hydrogens is 358 g/mol. The molecule has 7 heteroatoms. The van der Waals surface area contributed by atoms with Crippen LogP contribution in [0.4, 0.5) is 5.69 Å². The molecule has 0 aromatic heterocycles. The summed E-state index contributed by atoms with van der Waals surface area (Å²) >= 11 is 5.34. The van der Waals surface area contributed by atoms with Gasteiger partial charge in [0.15, 0.2) is 0 Å². The van der Waals surface area contributed by atoms with Crippen LogP contribution in [0.15, 0.2) is 40.5 Å². The van der Waals surface area contributed by atoms with E-state index in [0.717, 1.165) is 44.0 Å². The number of allylic oxidation sites excluding steroid dienone is 1. The molecule has 0 atom stereocenters. The number of ether oxygens (including phenoxy) is 1. The molecule has 1 aromatic rings. The van der Waals surface area contributed by atoms with Crippen LogP contribution in [-0.2, 0) is 0 Å². The second-order valence-corrected chi connectivity index (χ2v) is 7.00. The van der Waals surface area contributed by atoms with Crippen molar-refractivity contribution in [3.8, 4) is 11.8 Å². The predicted molar refractivity (Wildman–Crippen MR) is 114 cm³/mol. The minimum atomic E-state index is 0.333. The molecule has 27 heavy (non-hydrogen) atoms. The van der Waals surface area contributed by atoms with E-state index in [4.69, 9.17) is 17.0 Å². The smallest absolute Gasteiger partial charge is 0.147 e. The minimum Gasteiger partial charge on any atom is -0.497 e. The van der Waals surface area contributed by atoms with Crippen molar-refractivity contribution >= 4 is 29.2 Å². The molecule has 0 unspecified atom stereocenters. The highest BCUT2D eigenvalue weighted by Gasteiger charge is 2.19. The summed E-state index contributed by atoms with van der Waals surface area (Å²) in [6.07, 6.45) is 2.64. The van der Waals surface area contributed by atoms with Gasteiger partial charge in [0.1, 0.15) is 22.4 Å². The summed E-state index contributed by atoms with van der Waals surface area (Å²) in [6, 6.07) is 10.4. The van der Waals surface area contributed by atoms with Crippen LogP contribution >= 0.6 is 12.2 Å². The second-order valence-electron chi connectivity index (χ2n) is 6.61. The Balaban J connectivity index is 2.11. The van der Waals surface area contributed by atoms with Gasteiger partial charge in [-0.15, -0.1) is 0 Å². The first-order valence-electron chi connectivity index (χ1n) is 8.96. The maximum Gasteiger partial charge on any atom is 0.147 e. The first-order valence-corrected chi connectivity index (χ1v) is 9.37. The predicted octanol–water partition coefficient (Wildman–Crippen LogP) is 2.92. The van der Waals surface area contributed by atoms with Crippen LogP contribution in [0.3, 0.4) is 0 Å². The van der Waals surface area contributed by atoms with Crippen LogP contribution in [0.1, 0.15) is 13.3 Å². The van der Waals surface area contributed by atoms with Crippen molar-refractivity contribution in [3.05, 3.63) is 35.5 Å². The Morgan fingerprint density at radius 2 is 1.93 bits per heavy atom. The van der Waals surface area contributed by atoms with Gasteiger partial charge in [-0.2, -0.15) is 5.26 Å². The number of rotatable bonds is 5. The van der Waals surface area contributed by atoms with Crippen molar-refractivity contribution in [3.63, 3.8) is 0 Å². The fourth-order valence-corrected chi connectivity index (χ4v) is 3.22. The maximum absolute atomic E-state index is 9.58. The third-order valence-corrected chi connectivity index (χ3v) is 4.81. The Morgan fingerprint density at radius 3 is 2.52 bits per heavy atom. The SMILES string of the molecule is COc1ccc(N2CCCN(/C(C)=C(/C#N)C(=S)N=CN(C)C)CC2)cc1. The second kappa shape index (κ2) is 9.93. The zero-order valence-corrected chi connectivity index (χ0v) is 17.3. The van der Waals surface area contributed by atoms with E-state index in [2.05, 4.69) is 33.0 Å². The van der Waals surface area contributed by atoms with Gasteiger partial charge in [-0.05, 0) is 37.6 Å². The quantitative estimate of drug-likeness (QED) is 0.255. The molecule has 0 saturated carbocycles. The first-order chi connectivity index (χ1) is 13.0. The summed E-state index contributed by atoms with van der Waals surface area (Å²) in [5.41, 5.74) is 2.56. The lowest BCUT2D eigenvalue weighted by molar-refractivity contribution is 0.369. The summed E-state index contributed by atoms with van der Waals surface area (Å²) in [5, 5.41) is 9.58. The van der Waals surface area contributed by atoms with Crippen LogP contribution in [-0.4, -0.2) is 68.5 Å². The molecule has 0 radical (unpaired) electrons. The summed E-state index contributed by atoms with van der Waals surface area (Å²) in [5.74, 6) is 0.861. The minimum absolute atomic E-state index is 0.333. The van der Waals surface area contributed by atoms with Crippen LogP contribution < -0.4 is 9.64 Å². The van der Waals surface area contributed by atoms with Crippen LogP contribution in [0, 0.1) is 11.3 Å². The van der Waals surface area contributed by atoms with Gasteiger partial charge in [-0.3, -0.25) is 0 Å². The van der Waals surface area contributed by atoms with Gasteiger partial charge in [-0.25, -0.2) is 4.99 Å². The Bertz CT molecular complexity index is 749. The van der Waals surface area contributed by atoms with Crippen molar-refractivity contribution < 1.29 is 4.74 Å². The molecule has 144 valence electrons. The average molecular weight is 386 g/mol. The Morgan fingerprint density at radius 1 is 1.22 bits per heavy atom. The van der Waals surface area contributed by atoms with Gasteiger partial charge in [0, 0.05) is 51.7 Å². The Kier molecular flexibility index (Phi) is 7.62. The van der Waals surface area contributed by atoms with Gasteiger partial charge in [0.05, 0.1) is 13.4 Å². The van der Waals surface area contributed by atoms with E-state index in [1.807, 2.05) is 33.2 Å². The monoisotopic (exact) mass is 385 g/mol. The zero-order valence-electron chi connectivity index (χ0n) is 16.5. The average Bonchev–Trinajstić information content (AvgIpc) is 2.93. The number of hydrogen-bond donors (Lipinski definition) is 0. The topological polar surface area (TPSA) is 55.1 Å². The molecule has 1 saturated heterocycles. The van der Waals surface area contributed by atoms with Crippen molar-refractivity contribution in [1.29, 1.82) is 5.26 Å². The van der Waals surface area contributed by atoms with Gasteiger partial charge >= 0.3 is 0 Å². The number of anilines is 1. The largest absolute Gasteiger partial charge is 0.497 e.